The lowest BCUT2D eigenvalue weighted by molar-refractivity contribution is 0.448. The van der Waals surface area contributed by atoms with Crippen LogP contribution in [0.25, 0.3) is 11.0 Å². The molecule has 0 bridgehead atoms. The van der Waals surface area contributed by atoms with E-state index in [0.29, 0.717) is 16.5 Å². The molecule has 1 atom stereocenters. The lowest BCUT2D eigenvalue weighted by Gasteiger charge is -2.18. The van der Waals surface area contributed by atoms with E-state index >= 15 is 0 Å². The molecule has 0 radical (unpaired) electrons. The van der Waals surface area contributed by atoms with Crippen LogP contribution in [-0.4, -0.2) is 5.11 Å². The Morgan fingerprint density at radius 3 is 2.65 bits per heavy atom. The third kappa shape index (κ3) is 2.87. The molecule has 0 saturated carbocycles. The van der Waals surface area contributed by atoms with Crippen LogP contribution < -0.4 is 5.63 Å². The van der Waals surface area contributed by atoms with Crippen LogP contribution in [-0.2, 0) is 0 Å². The molecule has 1 aromatic heterocycles. The fraction of sp³-hybridized carbons (Fsp3) is 0.250. The molecule has 0 fully saturated rings. The molecule has 0 spiro atoms. The van der Waals surface area contributed by atoms with Gasteiger partial charge in [-0.05, 0) is 31.0 Å². The number of para-hydroxylation sites is 1. The number of benzene rings is 2. The van der Waals surface area contributed by atoms with Gasteiger partial charge in [0.1, 0.15) is 11.3 Å². The van der Waals surface area contributed by atoms with E-state index in [-0.39, 0.29) is 11.7 Å². The molecule has 0 amide bonds. The van der Waals surface area contributed by atoms with E-state index in [0.717, 1.165) is 24.0 Å². The molecular formula is C20H20O3. The van der Waals surface area contributed by atoms with Crippen LogP contribution in [0.5, 0.6) is 5.75 Å². The maximum Gasteiger partial charge on any atom is 0.343 e. The smallest absolute Gasteiger partial charge is 0.343 e. The van der Waals surface area contributed by atoms with Crippen LogP contribution in [0.15, 0.2) is 57.7 Å². The van der Waals surface area contributed by atoms with Gasteiger partial charge in [0.25, 0.3) is 0 Å². The fourth-order valence-corrected chi connectivity index (χ4v) is 3.11. The van der Waals surface area contributed by atoms with Crippen molar-refractivity contribution in [2.24, 2.45) is 0 Å². The average molecular weight is 308 g/mol. The zero-order valence-electron chi connectivity index (χ0n) is 13.4. The average Bonchev–Trinajstić information content (AvgIpc) is 2.54. The largest absolute Gasteiger partial charge is 0.507 e. The molecule has 0 aliphatic rings. The summed E-state index contributed by atoms with van der Waals surface area (Å²) in [5.74, 6) is -0.127. The van der Waals surface area contributed by atoms with Crippen molar-refractivity contribution in [1.29, 1.82) is 0 Å². The van der Waals surface area contributed by atoms with E-state index in [4.69, 9.17) is 4.42 Å². The number of aryl methyl sites for hydroxylation is 1. The van der Waals surface area contributed by atoms with Crippen molar-refractivity contribution in [3.8, 4) is 5.75 Å². The highest BCUT2D eigenvalue weighted by atomic mass is 16.4. The summed E-state index contributed by atoms with van der Waals surface area (Å²) in [5.41, 5.74) is 2.48. The van der Waals surface area contributed by atoms with Crippen molar-refractivity contribution in [2.75, 3.05) is 0 Å². The number of hydrogen-bond donors (Lipinski definition) is 1. The first-order valence-electron chi connectivity index (χ1n) is 7.93. The molecule has 0 aliphatic carbocycles. The maximum atomic E-state index is 12.5. The van der Waals surface area contributed by atoms with Crippen LogP contribution in [0.4, 0.5) is 0 Å². The van der Waals surface area contributed by atoms with Gasteiger partial charge in [0.15, 0.2) is 0 Å². The van der Waals surface area contributed by atoms with Gasteiger partial charge in [-0.2, -0.15) is 0 Å². The van der Waals surface area contributed by atoms with Gasteiger partial charge >= 0.3 is 5.63 Å². The maximum absolute atomic E-state index is 12.5. The monoisotopic (exact) mass is 308 g/mol. The molecule has 118 valence electrons. The van der Waals surface area contributed by atoms with Crippen molar-refractivity contribution in [1.82, 2.24) is 0 Å². The Labute approximate surface area is 135 Å². The highest BCUT2D eigenvalue weighted by Gasteiger charge is 2.24. The third-order valence-corrected chi connectivity index (χ3v) is 4.19. The van der Waals surface area contributed by atoms with Crippen LogP contribution >= 0.6 is 0 Å². The van der Waals surface area contributed by atoms with Crippen molar-refractivity contribution in [3.63, 3.8) is 0 Å². The van der Waals surface area contributed by atoms with Gasteiger partial charge in [-0.3, -0.25) is 0 Å². The number of rotatable bonds is 4. The van der Waals surface area contributed by atoms with E-state index in [1.165, 1.54) is 0 Å². The number of aromatic hydroxyl groups is 1. The summed E-state index contributed by atoms with van der Waals surface area (Å²) in [4.78, 5) is 12.5. The Morgan fingerprint density at radius 1 is 1.13 bits per heavy atom. The van der Waals surface area contributed by atoms with Crippen LogP contribution in [0.2, 0.25) is 0 Å². The second-order valence-corrected chi connectivity index (χ2v) is 5.90. The lowest BCUT2D eigenvalue weighted by Crippen LogP contribution is -2.14. The summed E-state index contributed by atoms with van der Waals surface area (Å²) >= 11 is 0. The summed E-state index contributed by atoms with van der Waals surface area (Å²) in [6.45, 7) is 4.09. The Balaban J connectivity index is 2.24. The van der Waals surface area contributed by atoms with Crippen molar-refractivity contribution in [2.45, 2.75) is 32.6 Å². The van der Waals surface area contributed by atoms with E-state index in [2.05, 4.69) is 13.0 Å². The summed E-state index contributed by atoms with van der Waals surface area (Å²) in [6.07, 6.45) is 1.68. The van der Waals surface area contributed by atoms with Gasteiger partial charge in [-0.25, -0.2) is 4.79 Å². The molecule has 3 aromatic rings. The molecule has 23 heavy (non-hydrogen) atoms. The van der Waals surface area contributed by atoms with Crippen LogP contribution in [0, 0.1) is 6.92 Å². The standard InChI is InChI=1S/C20H20O3/c1-3-7-15(14-9-6-8-13(2)12-14)18-19(21)16-10-4-5-11-17(16)23-20(18)22/h4-6,8-12,15,21H,3,7H2,1-2H3. The summed E-state index contributed by atoms with van der Waals surface area (Å²) in [5, 5.41) is 11.3. The van der Waals surface area contributed by atoms with Crippen LogP contribution in [0.1, 0.15) is 42.4 Å². The minimum Gasteiger partial charge on any atom is -0.507 e. The van der Waals surface area contributed by atoms with Gasteiger partial charge in [-0.15, -0.1) is 0 Å². The molecular weight excluding hydrogens is 288 g/mol. The summed E-state index contributed by atoms with van der Waals surface area (Å²) < 4.78 is 5.44. The third-order valence-electron chi connectivity index (χ3n) is 4.19. The van der Waals surface area contributed by atoms with Crippen molar-refractivity contribution < 1.29 is 9.52 Å². The number of fused-ring (bicyclic) bond motifs is 1. The molecule has 3 nitrogen and oxygen atoms in total. The minimum absolute atomic E-state index is 0.0387. The highest BCUT2D eigenvalue weighted by molar-refractivity contribution is 5.84. The van der Waals surface area contributed by atoms with Gasteiger partial charge in [0.2, 0.25) is 0 Å². The predicted molar refractivity (Wildman–Crippen MR) is 92.1 cm³/mol. The second-order valence-electron chi connectivity index (χ2n) is 5.90. The van der Waals surface area contributed by atoms with E-state index < -0.39 is 5.63 Å². The Hall–Kier alpha value is -2.55. The van der Waals surface area contributed by atoms with E-state index in [1.807, 2.05) is 31.2 Å². The molecule has 0 aliphatic heterocycles. The summed E-state index contributed by atoms with van der Waals surface area (Å²) in [6, 6.07) is 15.2. The van der Waals surface area contributed by atoms with Gasteiger partial charge in [0.05, 0.1) is 10.9 Å². The zero-order chi connectivity index (χ0) is 16.4. The Morgan fingerprint density at radius 2 is 1.91 bits per heavy atom. The van der Waals surface area contributed by atoms with Crippen LogP contribution in [0.3, 0.4) is 0 Å². The first-order valence-corrected chi connectivity index (χ1v) is 7.93. The Kier molecular flexibility index (Phi) is 4.20. The molecule has 0 saturated heterocycles. The van der Waals surface area contributed by atoms with E-state index in [9.17, 15) is 9.90 Å². The fourth-order valence-electron chi connectivity index (χ4n) is 3.11. The van der Waals surface area contributed by atoms with Crippen molar-refractivity contribution in [3.05, 3.63) is 75.6 Å². The molecule has 3 heteroatoms. The molecule has 1 unspecified atom stereocenters. The van der Waals surface area contributed by atoms with E-state index in [1.54, 1.807) is 18.2 Å². The predicted octanol–water partition coefficient (Wildman–Crippen LogP) is 4.74. The summed E-state index contributed by atoms with van der Waals surface area (Å²) in [7, 11) is 0. The molecule has 1 N–H and O–H groups in total. The van der Waals surface area contributed by atoms with Gasteiger partial charge in [-0.1, -0.05) is 55.3 Å². The van der Waals surface area contributed by atoms with Crippen molar-refractivity contribution >= 4 is 11.0 Å². The van der Waals surface area contributed by atoms with Gasteiger partial charge in [0, 0.05) is 5.92 Å². The normalized spacial score (nSPS) is 12.4. The SMILES string of the molecule is CCCC(c1cccc(C)c1)c1c(O)c2ccccc2oc1=O. The molecule has 2 aromatic carbocycles. The molecule has 3 rings (SSSR count). The topological polar surface area (TPSA) is 50.4 Å². The second kappa shape index (κ2) is 6.29. The zero-order valence-corrected chi connectivity index (χ0v) is 13.4. The van der Waals surface area contributed by atoms with Gasteiger partial charge < -0.3 is 9.52 Å². The lowest BCUT2D eigenvalue weighted by atomic mass is 9.87. The minimum atomic E-state index is -0.457. The Bertz CT molecular complexity index is 893. The molecule has 1 heterocycles. The quantitative estimate of drug-likeness (QED) is 0.708. The highest BCUT2D eigenvalue weighted by Crippen LogP contribution is 2.36. The number of hydrogen-bond acceptors (Lipinski definition) is 3. The first-order chi connectivity index (χ1) is 11.1. The first kappa shape index (κ1) is 15.3.